The molecule has 16 heavy (non-hydrogen) atoms. The highest BCUT2D eigenvalue weighted by molar-refractivity contribution is 4.95. The highest BCUT2D eigenvalue weighted by atomic mass is 16.3. The molecule has 1 fully saturated rings. The molecule has 1 unspecified atom stereocenters. The molecule has 1 saturated carbocycles. The first kappa shape index (κ1) is 13.9. The molecule has 1 aliphatic carbocycles. The molecule has 0 heterocycles. The van der Waals surface area contributed by atoms with Gasteiger partial charge in [0.2, 0.25) is 0 Å². The second kappa shape index (κ2) is 6.55. The minimum atomic E-state index is -0.344. The third kappa shape index (κ3) is 3.70. The lowest BCUT2D eigenvalue weighted by Gasteiger charge is -2.42. The van der Waals surface area contributed by atoms with Crippen molar-refractivity contribution in [3.8, 4) is 0 Å². The minimum absolute atomic E-state index is 0.0930. The van der Waals surface area contributed by atoms with Gasteiger partial charge in [-0.3, -0.25) is 0 Å². The van der Waals surface area contributed by atoms with Gasteiger partial charge < -0.3 is 20.4 Å². The molecule has 4 nitrogen and oxygen atoms in total. The van der Waals surface area contributed by atoms with Gasteiger partial charge in [0.05, 0.1) is 12.7 Å². The summed E-state index contributed by atoms with van der Waals surface area (Å²) in [5.41, 5.74) is -0.0930. The summed E-state index contributed by atoms with van der Waals surface area (Å²) in [6.45, 7) is 7.62. The maximum atomic E-state index is 9.87. The fraction of sp³-hybridized carbons (Fsp3) is 1.00. The van der Waals surface area contributed by atoms with E-state index < -0.39 is 0 Å². The topological polar surface area (TPSA) is 55.7 Å². The van der Waals surface area contributed by atoms with Gasteiger partial charge in [-0.15, -0.1) is 0 Å². The van der Waals surface area contributed by atoms with Crippen LogP contribution in [0.25, 0.3) is 0 Å². The highest BCUT2D eigenvalue weighted by Crippen LogP contribution is 2.30. The van der Waals surface area contributed by atoms with Gasteiger partial charge >= 0.3 is 0 Å². The van der Waals surface area contributed by atoms with Crippen molar-refractivity contribution in [2.45, 2.75) is 44.8 Å². The zero-order chi connectivity index (χ0) is 12.0. The molecule has 0 bridgehead atoms. The molecule has 4 heteroatoms. The Morgan fingerprint density at radius 2 is 1.94 bits per heavy atom. The lowest BCUT2D eigenvalue weighted by atomic mass is 9.77. The molecule has 3 N–H and O–H groups in total. The number of nitrogens with zero attached hydrogens (tertiary/aromatic N) is 1. The van der Waals surface area contributed by atoms with Crippen LogP contribution in [0.3, 0.4) is 0 Å². The zero-order valence-corrected chi connectivity index (χ0v) is 10.6. The molecule has 0 saturated heterocycles. The van der Waals surface area contributed by atoms with E-state index in [0.29, 0.717) is 13.1 Å². The van der Waals surface area contributed by atoms with Crippen LogP contribution in [-0.2, 0) is 0 Å². The molecule has 1 atom stereocenters. The van der Waals surface area contributed by atoms with E-state index in [4.69, 9.17) is 0 Å². The average molecular weight is 230 g/mol. The van der Waals surface area contributed by atoms with Crippen LogP contribution in [0.4, 0.5) is 0 Å². The molecule has 0 aromatic rings. The number of aliphatic hydroxyl groups is 2. The van der Waals surface area contributed by atoms with Crippen LogP contribution in [0.2, 0.25) is 0 Å². The van der Waals surface area contributed by atoms with E-state index >= 15 is 0 Å². The van der Waals surface area contributed by atoms with Gasteiger partial charge in [0.25, 0.3) is 0 Å². The van der Waals surface area contributed by atoms with E-state index in [9.17, 15) is 10.2 Å². The van der Waals surface area contributed by atoms with Gasteiger partial charge in [0.1, 0.15) is 0 Å². The minimum Gasteiger partial charge on any atom is -0.394 e. The summed E-state index contributed by atoms with van der Waals surface area (Å²) >= 11 is 0. The third-order valence-corrected chi connectivity index (χ3v) is 3.69. The SMILES string of the molecule is CCN(CC)CC(O)CNC1(CO)CCC1. The standard InChI is InChI=1S/C12H26N2O2/c1-3-14(4-2)9-11(16)8-13-12(10-15)6-5-7-12/h11,13,15-16H,3-10H2,1-2H3. The molecule has 0 amide bonds. The molecule has 0 aliphatic heterocycles. The van der Waals surface area contributed by atoms with Gasteiger partial charge in [-0.05, 0) is 32.4 Å². The summed E-state index contributed by atoms with van der Waals surface area (Å²) in [7, 11) is 0. The molecule has 0 aromatic heterocycles. The van der Waals surface area contributed by atoms with Crippen molar-refractivity contribution in [1.29, 1.82) is 0 Å². The normalized spacial score (nSPS) is 20.8. The molecule has 0 spiro atoms. The second-order valence-corrected chi connectivity index (χ2v) is 4.81. The van der Waals surface area contributed by atoms with Crippen LogP contribution in [0, 0.1) is 0 Å². The monoisotopic (exact) mass is 230 g/mol. The zero-order valence-electron chi connectivity index (χ0n) is 10.6. The Morgan fingerprint density at radius 1 is 1.31 bits per heavy atom. The maximum absolute atomic E-state index is 9.87. The molecule has 1 rings (SSSR count). The first-order chi connectivity index (χ1) is 7.65. The van der Waals surface area contributed by atoms with Crippen LogP contribution in [0.1, 0.15) is 33.1 Å². The Morgan fingerprint density at radius 3 is 2.31 bits per heavy atom. The molecule has 1 aliphatic rings. The summed E-state index contributed by atoms with van der Waals surface area (Å²) in [6.07, 6.45) is 2.90. The highest BCUT2D eigenvalue weighted by Gasteiger charge is 2.35. The predicted molar refractivity (Wildman–Crippen MR) is 65.5 cm³/mol. The first-order valence-corrected chi connectivity index (χ1v) is 6.42. The third-order valence-electron chi connectivity index (χ3n) is 3.69. The van der Waals surface area contributed by atoms with Crippen LogP contribution in [0.5, 0.6) is 0 Å². The van der Waals surface area contributed by atoms with E-state index in [-0.39, 0.29) is 18.2 Å². The van der Waals surface area contributed by atoms with Crippen LogP contribution in [0.15, 0.2) is 0 Å². The number of β-amino-alcohol motifs (C(OH)–C–C–N with tert-alkyl or cyclic N) is 1. The average Bonchev–Trinajstić information content (AvgIpc) is 2.25. The fourth-order valence-electron chi connectivity index (χ4n) is 2.17. The van der Waals surface area contributed by atoms with Crippen molar-refractivity contribution in [2.24, 2.45) is 0 Å². The lowest BCUT2D eigenvalue weighted by molar-refractivity contribution is 0.0581. The van der Waals surface area contributed by atoms with Crippen molar-refractivity contribution in [1.82, 2.24) is 10.2 Å². The molecular weight excluding hydrogens is 204 g/mol. The van der Waals surface area contributed by atoms with E-state index in [1.807, 2.05) is 0 Å². The summed E-state index contributed by atoms with van der Waals surface area (Å²) in [5, 5.41) is 22.5. The van der Waals surface area contributed by atoms with Crippen molar-refractivity contribution >= 4 is 0 Å². The Bertz CT molecular complexity index is 186. The molecular formula is C12H26N2O2. The van der Waals surface area contributed by atoms with Gasteiger partial charge in [0, 0.05) is 18.6 Å². The summed E-state index contributed by atoms with van der Waals surface area (Å²) < 4.78 is 0. The van der Waals surface area contributed by atoms with Crippen LogP contribution < -0.4 is 5.32 Å². The predicted octanol–water partition coefficient (Wildman–Crippen LogP) is 0.194. The number of aliphatic hydroxyl groups excluding tert-OH is 2. The number of nitrogens with one attached hydrogen (secondary N) is 1. The summed E-state index contributed by atoms with van der Waals surface area (Å²) in [6, 6.07) is 0. The Hall–Kier alpha value is -0.160. The fourth-order valence-corrected chi connectivity index (χ4v) is 2.17. The van der Waals surface area contributed by atoms with E-state index in [1.165, 1.54) is 6.42 Å². The van der Waals surface area contributed by atoms with Gasteiger partial charge in [-0.2, -0.15) is 0 Å². The lowest BCUT2D eigenvalue weighted by Crippen LogP contribution is -2.56. The van der Waals surface area contributed by atoms with E-state index in [1.54, 1.807) is 0 Å². The summed E-state index contributed by atoms with van der Waals surface area (Å²) in [4.78, 5) is 2.21. The number of hydrogen-bond donors (Lipinski definition) is 3. The van der Waals surface area contributed by atoms with Crippen molar-refractivity contribution in [3.05, 3.63) is 0 Å². The Kier molecular flexibility index (Phi) is 5.69. The number of likely N-dealkylation sites (N-methyl/N-ethyl adjacent to an activating group) is 1. The van der Waals surface area contributed by atoms with E-state index in [2.05, 4.69) is 24.1 Å². The van der Waals surface area contributed by atoms with Gasteiger partial charge in [0.15, 0.2) is 0 Å². The van der Waals surface area contributed by atoms with Crippen molar-refractivity contribution in [3.63, 3.8) is 0 Å². The smallest absolute Gasteiger partial charge is 0.0791 e. The largest absolute Gasteiger partial charge is 0.394 e. The van der Waals surface area contributed by atoms with Crippen molar-refractivity contribution < 1.29 is 10.2 Å². The van der Waals surface area contributed by atoms with Crippen LogP contribution >= 0.6 is 0 Å². The van der Waals surface area contributed by atoms with Gasteiger partial charge in [-0.1, -0.05) is 13.8 Å². The Balaban J connectivity index is 2.21. The number of hydrogen-bond acceptors (Lipinski definition) is 4. The van der Waals surface area contributed by atoms with Crippen molar-refractivity contribution in [2.75, 3.05) is 32.8 Å². The van der Waals surface area contributed by atoms with Gasteiger partial charge in [-0.25, -0.2) is 0 Å². The molecule has 0 radical (unpaired) electrons. The van der Waals surface area contributed by atoms with Crippen LogP contribution in [-0.4, -0.2) is 59.5 Å². The van der Waals surface area contributed by atoms with E-state index in [0.717, 1.165) is 25.9 Å². The number of rotatable bonds is 8. The first-order valence-electron chi connectivity index (χ1n) is 6.42. The summed E-state index contributed by atoms with van der Waals surface area (Å²) in [5.74, 6) is 0. The molecule has 0 aromatic carbocycles. The quantitative estimate of drug-likeness (QED) is 0.557. The Labute approximate surface area is 98.6 Å². The second-order valence-electron chi connectivity index (χ2n) is 4.81. The molecule has 96 valence electrons. The maximum Gasteiger partial charge on any atom is 0.0791 e.